The van der Waals surface area contributed by atoms with E-state index < -0.39 is 12.1 Å². The van der Waals surface area contributed by atoms with Crippen molar-refractivity contribution in [1.82, 2.24) is 0 Å². The van der Waals surface area contributed by atoms with Crippen LogP contribution >= 0.6 is 0 Å². The summed E-state index contributed by atoms with van der Waals surface area (Å²) in [5.41, 5.74) is 0. The van der Waals surface area contributed by atoms with Gasteiger partial charge in [0, 0.05) is 0 Å². The van der Waals surface area contributed by atoms with E-state index in [0.29, 0.717) is 5.92 Å². The van der Waals surface area contributed by atoms with E-state index in [2.05, 4.69) is 0 Å². The van der Waals surface area contributed by atoms with Crippen LogP contribution in [0.5, 0.6) is 0 Å². The number of carbonyl (C=O) groups is 1. The minimum Gasteiger partial charge on any atom is -0.480 e. The van der Waals surface area contributed by atoms with Crippen molar-refractivity contribution in [2.24, 2.45) is 5.92 Å². The number of aliphatic carboxylic acids is 1. The molecule has 0 saturated heterocycles. The van der Waals surface area contributed by atoms with Crippen LogP contribution in [0.15, 0.2) is 0 Å². The van der Waals surface area contributed by atoms with Crippen LogP contribution in [-0.2, 0) is 9.53 Å². The molecule has 14 heavy (non-hydrogen) atoms. The summed E-state index contributed by atoms with van der Waals surface area (Å²) in [7, 11) is 0. The molecule has 0 heterocycles. The quantitative estimate of drug-likeness (QED) is 0.675. The zero-order valence-electron chi connectivity index (χ0n) is 8.32. The highest BCUT2D eigenvalue weighted by molar-refractivity contribution is 5.67. The fourth-order valence-electron chi connectivity index (χ4n) is 1.98. The van der Waals surface area contributed by atoms with E-state index in [1.165, 1.54) is 25.7 Å². The smallest absolute Gasteiger partial charge is 0.329 e. The summed E-state index contributed by atoms with van der Waals surface area (Å²) in [5, 5.41) is 17.8. The normalized spacial score (nSPS) is 19.8. The molecular formula is C10H18O4. The summed E-state index contributed by atoms with van der Waals surface area (Å²) in [6.07, 6.45) is 5.14. The van der Waals surface area contributed by atoms with E-state index >= 15 is 0 Å². The predicted molar refractivity (Wildman–Crippen MR) is 51.0 cm³/mol. The molecule has 0 bridgehead atoms. The van der Waals surface area contributed by atoms with Gasteiger partial charge in [0.1, 0.15) is 6.61 Å². The molecule has 0 spiro atoms. The second-order valence-electron chi connectivity index (χ2n) is 3.95. The van der Waals surface area contributed by atoms with Gasteiger partial charge >= 0.3 is 5.97 Å². The lowest BCUT2D eigenvalue weighted by atomic mass is 10.0. The molecule has 1 fully saturated rings. The number of hydrogen-bond acceptors (Lipinski definition) is 3. The molecule has 0 aromatic carbocycles. The molecule has 1 saturated carbocycles. The van der Waals surface area contributed by atoms with Gasteiger partial charge < -0.3 is 14.9 Å². The van der Waals surface area contributed by atoms with Gasteiger partial charge in [-0.15, -0.1) is 0 Å². The standard InChI is InChI=1S/C10H18O4/c11-9(6-14-7-10(12)13)5-8-3-1-2-4-8/h8-9,11H,1-7H2,(H,12,13). The number of aliphatic hydroxyl groups is 1. The molecule has 1 atom stereocenters. The van der Waals surface area contributed by atoms with Crippen LogP contribution in [0, 0.1) is 5.92 Å². The first-order valence-electron chi connectivity index (χ1n) is 5.16. The van der Waals surface area contributed by atoms with Gasteiger partial charge in [0.2, 0.25) is 0 Å². The van der Waals surface area contributed by atoms with Crippen LogP contribution in [0.3, 0.4) is 0 Å². The summed E-state index contributed by atoms with van der Waals surface area (Å²) in [5.74, 6) is -0.378. The van der Waals surface area contributed by atoms with Crippen molar-refractivity contribution in [1.29, 1.82) is 0 Å². The number of hydrogen-bond donors (Lipinski definition) is 2. The lowest BCUT2D eigenvalue weighted by molar-refractivity contribution is -0.143. The van der Waals surface area contributed by atoms with E-state index in [0.717, 1.165) is 6.42 Å². The van der Waals surface area contributed by atoms with Crippen molar-refractivity contribution in [2.45, 2.75) is 38.2 Å². The molecule has 0 radical (unpaired) electrons. The van der Waals surface area contributed by atoms with Gasteiger partial charge in [-0.25, -0.2) is 4.79 Å². The Labute approximate surface area is 83.9 Å². The average Bonchev–Trinajstić information content (AvgIpc) is 2.56. The highest BCUT2D eigenvalue weighted by Crippen LogP contribution is 2.28. The Morgan fingerprint density at radius 2 is 2.07 bits per heavy atom. The van der Waals surface area contributed by atoms with Crippen molar-refractivity contribution >= 4 is 5.97 Å². The number of carboxylic acid groups (broad SMARTS) is 1. The fourth-order valence-corrected chi connectivity index (χ4v) is 1.98. The molecule has 1 unspecified atom stereocenters. The van der Waals surface area contributed by atoms with Crippen molar-refractivity contribution < 1.29 is 19.7 Å². The van der Waals surface area contributed by atoms with Crippen molar-refractivity contribution in [2.75, 3.05) is 13.2 Å². The highest BCUT2D eigenvalue weighted by atomic mass is 16.5. The minimum absolute atomic E-state index is 0.142. The van der Waals surface area contributed by atoms with Crippen molar-refractivity contribution in [3.63, 3.8) is 0 Å². The Hall–Kier alpha value is -0.610. The van der Waals surface area contributed by atoms with E-state index in [4.69, 9.17) is 9.84 Å². The first-order chi connectivity index (χ1) is 6.68. The number of carboxylic acids is 1. The zero-order valence-corrected chi connectivity index (χ0v) is 8.32. The number of rotatable bonds is 6. The molecule has 4 heteroatoms. The van der Waals surface area contributed by atoms with Crippen LogP contribution in [0.25, 0.3) is 0 Å². The second kappa shape index (κ2) is 5.98. The predicted octanol–water partition coefficient (Wildman–Crippen LogP) is 1.03. The molecule has 0 aliphatic heterocycles. The molecule has 2 N–H and O–H groups in total. The monoisotopic (exact) mass is 202 g/mol. The fraction of sp³-hybridized carbons (Fsp3) is 0.900. The molecule has 0 amide bonds. The second-order valence-corrected chi connectivity index (χ2v) is 3.95. The van der Waals surface area contributed by atoms with Gasteiger partial charge in [0.05, 0.1) is 12.7 Å². The molecular weight excluding hydrogens is 184 g/mol. The van der Waals surface area contributed by atoms with Crippen LogP contribution in [0.2, 0.25) is 0 Å². The van der Waals surface area contributed by atoms with Crippen LogP contribution in [0.1, 0.15) is 32.1 Å². The highest BCUT2D eigenvalue weighted by Gasteiger charge is 2.18. The Kier molecular flexibility index (Phi) is 4.90. The molecule has 0 aromatic heterocycles. The van der Waals surface area contributed by atoms with E-state index in [-0.39, 0.29) is 13.2 Å². The van der Waals surface area contributed by atoms with Gasteiger partial charge in [-0.2, -0.15) is 0 Å². The SMILES string of the molecule is O=C(O)COCC(O)CC1CCCC1. The third-order valence-corrected chi connectivity index (χ3v) is 2.62. The van der Waals surface area contributed by atoms with Gasteiger partial charge in [0.25, 0.3) is 0 Å². The van der Waals surface area contributed by atoms with Gasteiger partial charge in [-0.05, 0) is 12.3 Å². The third-order valence-electron chi connectivity index (χ3n) is 2.62. The molecule has 4 nitrogen and oxygen atoms in total. The topological polar surface area (TPSA) is 66.8 Å². The summed E-state index contributed by atoms with van der Waals surface area (Å²) in [6.45, 7) is -0.176. The third kappa shape index (κ3) is 4.58. The molecule has 0 aromatic rings. The Bertz CT molecular complexity index is 175. The molecule has 82 valence electrons. The zero-order chi connectivity index (χ0) is 10.4. The summed E-state index contributed by atoms with van der Waals surface area (Å²) < 4.78 is 4.82. The Morgan fingerprint density at radius 1 is 1.43 bits per heavy atom. The number of aliphatic hydroxyl groups excluding tert-OH is 1. The maximum Gasteiger partial charge on any atom is 0.329 e. The maximum atomic E-state index is 10.1. The molecule has 1 rings (SSSR count). The first-order valence-corrected chi connectivity index (χ1v) is 5.16. The summed E-state index contributed by atoms with van der Waals surface area (Å²) in [6, 6.07) is 0. The van der Waals surface area contributed by atoms with Crippen LogP contribution < -0.4 is 0 Å². The Balaban J connectivity index is 2.03. The molecule has 1 aliphatic rings. The summed E-state index contributed by atoms with van der Waals surface area (Å²) in [4.78, 5) is 10.1. The van der Waals surface area contributed by atoms with Crippen molar-refractivity contribution in [3.8, 4) is 0 Å². The lowest BCUT2D eigenvalue weighted by Crippen LogP contribution is -2.20. The molecule has 1 aliphatic carbocycles. The van der Waals surface area contributed by atoms with Gasteiger partial charge in [0.15, 0.2) is 0 Å². The van der Waals surface area contributed by atoms with Crippen LogP contribution in [0.4, 0.5) is 0 Å². The Morgan fingerprint density at radius 3 is 2.64 bits per heavy atom. The first kappa shape index (κ1) is 11.5. The van der Waals surface area contributed by atoms with Crippen molar-refractivity contribution in [3.05, 3.63) is 0 Å². The average molecular weight is 202 g/mol. The largest absolute Gasteiger partial charge is 0.480 e. The van der Waals surface area contributed by atoms with Crippen LogP contribution in [-0.4, -0.2) is 35.5 Å². The lowest BCUT2D eigenvalue weighted by Gasteiger charge is -2.14. The minimum atomic E-state index is -0.988. The van der Waals surface area contributed by atoms with E-state index in [1.807, 2.05) is 0 Å². The van der Waals surface area contributed by atoms with Gasteiger partial charge in [-0.1, -0.05) is 25.7 Å². The van der Waals surface area contributed by atoms with Gasteiger partial charge in [-0.3, -0.25) is 0 Å². The maximum absolute atomic E-state index is 10.1. The number of ether oxygens (including phenoxy) is 1. The van der Waals surface area contributed by atoms with E-state index in [1.54, 1.807) is 0 Å². The summed E-state index contributed by atoms with van der Waals surface area (Å²) >= 11 is 0. The van der Waals surface area contributed by atoms with E-state index in [9.17, 15) is 9.90 Å².